The number of hydrogen-bond donors (Lipinski definition) is 2. The molecule has 3 rings (SSSR count). The second kappa shape index (κ2) is 5.44. The SMILES string of the molecule is CCc1nn(C)cc1Nc1nc2c(cc1C(N)=S)CCC2. The maximum absolute atomic E-state index is 5.87. The van der Waals surface area contributed by atoms with Crippen molar-refractivity contribution in [3.05, 3.63) is 34.8 Å². The van der Waals surface area contributed by atoms with E-state index in [0.29, 0.717) is 4.99 Å². The van der Waals surface area contributed by atoms with Crippen molar-refractivity contribution in [2.24, 2.45) is 12.8 Å². The van der Waals surface area contributed by atoms with Crippen LogP contribution in [0.4, 0.5) is 11.5 Å². The molecule has 6 heteroatoms. The molecular formula is C15H19N5S. The Balaban J connectivity index is 2.03. The van der Waals surface area contributed by atoms with E-state index >= 15 is 0 Å². The van der Waals surface area contributed by atoms with Crippen LogP contribution in [0.25, 0.3) is 0 Å². The zero-order valence-corrected chi connectivity index (χ0v) is 13.1. The fourth-order valence-corrected chi connectivity index (χ4v) is 2.94. The molecule has 0 bridgehead atoms. The highest BCUT2D eigenvalue weighted by molar-refractivity contribution is 7.80. The first-order valence-corrected chi connectivity index (χ1v) is 7.61. The van der Waals surface area contributed by atoms with Gasteiger partial charge in [0.1, 0.15) is 10.8 Å². The van der Waals surface area contributed by atoms with Crippen LogP contribution in [0.5, 0.6) is 0 Å². The molecule has 0 amide bonds. The molecule has 2 aromatic heterocycles. The lowest BCUT2D eigenvalue weighted by Crippen LogP contribution is -2.14. The van der Waals surface area contributed by atoms with E-state index in [1.165, 1.54) is 5.56 Å². The summed E-state index contributed by atoms with van der Waals surface area (Å²) in [5.74, 6) is 0.742. The molecule has 0 atom stereocenters. The fraction of sp³-hybridized carbons (Fsp3) is 0.400. The molecule has 0 radical (unpaired) electrons. The number of thiocarbonyl (C=S) groups is 1. The van der Waals surface area contributed by atoms with Crippen molar-refractivity contribution < 1.29 is 0 Å². The molecule has 0 aromatic carbocycles. The summed E-state index contributed by atoms with van der Waals surface area (Å²) in [6.07, 6.45) is 6.05. The minimum Gasteiger partial charge on any atom is -0.389 e. The van der Waals surface area contributed by atoms with Gasteiger partial charge in [0.15, 0.2) is 0 Å². The third-order valence-corrected chi connectivity index (χ3v) is 4.03. The Morgan fingerprint density at radius 1 is 1.48 bits per heavy atom. The van der Waals surface area contributed by atoms with Crippen molar-refractivity contribution >= 4 is 28.7 Å². The molecule has 1 aliphatic carbocycles. The number of pyridine rings is 1. The van der Waals surface area contributed by atoms with Gasteiger partial charge in [-0.2, -0.15) is 5.10 Å². The molecule has 0 fully saturated rings. The van der Waals surface area contributed by atoms with E-state index < -0.39 is 0 Å². The lowest BCUT2D eigenvalue weighted by Gasteiger charge is -2.12. The average molecular weight is 301 g/mol. The van der Waals surface area contributed by atoms with Crippen molar-refractivity contribution in [2.75, 3.05) is 5.32 Å². The summed E-state index contributed by atoms with van der Waals surface area (Å²) in [7, 11) is 1.91. The number of rotatable bonds is 4. The summed E-state index contributed by atoms with van der Waals surface area (Å²) >= 11 is 5.18. The molecular weight excluding hydrogens is 282 g/mol. The van der Waals surface area contributed by atoms with Crippen LogP contribution in [0.2, 0.25) is 0 Å². The quantitative estimate of drug-likeness (QED) is 0.848. The minimum atomic E-state index is 0.377. The summed E-state index contributed by atoms with van der Waals surface area (Å²) in [6, 6.07) is 2.09. The molecule has 2 aromatic rings. The first-order chi connectivity index (χ1) is 10.1. The smallest absolute Gasteiger partial charge is 0.141 e. The molecule has 0 saturated heterocycles. The summed E-state index contributed by atoms with van der Waals surface area (Å²) in [6.45, 7) is 2.08. The van der Waals surface area contributed by atoms with Crippen LogP contribution >= 0.6 is 12.2 Å². The monoisotopic (exact) mass is 301 g/mol. The topological polar surface area (TPSA) is 68.8 Å². The Morgan fingerprint density at radius 3 is 3.00 bits per heavy atom. The highest BCUT2D eigenvalue weighted by Crippen LogP contribution is 2.28. The van der Waals surface area contributed by atoms with Crippen molar-refractivity contribution in [1.82, 2.24) is 14.8 Å². The first-order valence-electron chi connectivity index (χ1n) is 7.20. The van der Waals surface area contributed by atoms with Crippen LogP contribution < -0.4 is 11.1 Å². The molecule has 1 aliphatic rings. The molecule has 0 unspecified atom stereocenters. The molecule has 0 spiro atoms. The number of aryl methyl sites for hydroxylation is 4. The van der Waals surface area contributed by atoms with Gasteiger partial charge in [-0.15, -0.1) is 0 Å². The van der Waals surface area contributed by atoms with E-state index in [1.54, 1.807) is 4.68 Å². The average Bonchev–Trinajstić information content (AvgIpc) is 3.03. The zero-order chi connectivity index (χ0) is 15.0. The van der Waals surface area contributed by atoms with Crippen molar-refractivity contribution in [3.63, 3.8) is 0 Å². The van der Waals surface area contributed by atoms with Gasteiger partial charge < -0.3 is 11.1 Å². The highest BCUT2D eigenvalue weighted by Gasteiger charge is 2.18. The van der Waals surface area contributed by atoms with Crippen molar-refractivity contribution in [3.8, 4) is 0 Å². The molecule has 5 nitrogen and oxygen atoms in total. The number of fused-ring (bicyclic) bond motifs is 1. The van der Waals surface area contributed by atoms with Crippen LogP contribution in [-0.4, -0.2) is 19.8 Å². The molecule has 2 heterocycles. The number of nitrogens with one attached hydrogen (secondary N) is 1. The minimum absolute atomic E-state index is 0.377. The predicted molar refractivity (Wildman–Crippen MR) is 88.0 cm³/mol. The molecule has 110 valence electrons. The molecule has 0 aliphatic heterocycles. The summed E-state index contributed by atoms with van der Waals surface area (Å²) < 4.78 is 1.80. The molecule has 21 heavy (non-hydrogen) atoms. The normalized spacial score (nSPS) is 13.2. The van der Waals surface area contributed by atoms with Crippen molar-refractivity contribution in [2.45, 2.75) is 32.6 Å². The number of nitrogens with zero attached hydrogens (tertiary/aromatic N) is 3. The number of anilines is 2. The highest BCUT2D eigenvalue weighted by atomic mass is 32.1. The van der Waals surface area contributed by atoms with Gasteiger partial charge >= 0.3 is 0 Å². The van der Waals surface area contributed by atoms with Gasteiger partial charge in [0.25, 0.3) is 0 Å². The summed E-state index contributed by atoms with van der Waals surface area (Å²) in [5.41, 5.74) is 11.1. The second-order valence-corrected chi connectivity index (χ2v) is 5.79. The van der Waals surface area contributed by atoms with Crippen LogP contribution in [0.3, 0.4) is 0 Å². The Bertz CT molecular complexity index is 704. The van der Waals surface area contributed by atoms with Gasteiger partial charge in [-0.3, -0.25) is 4.68 Å². The first kappa shape index (κ1) is 14.0. The van der Waals surface area contributed by atoms with Gasteiger partial charge in [-0.1, -0.05) is 19.1 Å². The Hall–Kier alpha value is -1.95. The predicted octanol–water partition coefficient (Wildman–Crippen LogP) is 2.24. The molecule has 3 N–H and O–H groups in total. The van der Waals surface area contributed by atoms with Crippen LogP contribution in [0.1, 0.15) is 35.9 Å². The van der Waals surface area contributed by atoms with E-state index in [1.807, 2.05) is 13.2 Å². The van der Waals surface area contributed by atoms with Gasteiger partial charge in [-0.05, 0) is 37.3 Å². The van der Waals surface area contributed by atoms with Gasteiger partial charge in [0, 0.05) is 18.9 Å². The maximum Gasteiger partial charge on any atom is 0.141 e. The number of hydrogen-bond acceptors (Lipinski definition) is 4. The van der Waals surface area contributed by atoms with Gasteiger partial charge in [-0.25, -0.2) is 4.98 Å². The largest absolute Gasteiger partial charge is 0.389 e. The van der Waals surface area contributed by atoms with Crippen LogP contribution in [0.15, 0.2) is 12.3 Å². The molecule has 0 saturated carbocycles. The van der Waals surface area contributed by atoms with E-state index in [9.17, 15) is 0 Å². The lowest BCUT2D eigenvalue weighted by atomic mass is 10.1. The van der Waals surface area contributed by atoms with Gasteiger partial charge in [0.05, 0.1) is 16.9 Å². The summed E-state index contributed by atoms with van der Waals surface area (Å²) in [4.78, 5) is 5.12. The van der Waals surface area contributed by atoms with Gasteiger partial charge in [0.2, 0.25) is 0 Å². The standard InChI is InChI=1S/C15H19N5S/c1-3-11-13(8-20(2)19-11)18-15-10(14(16)21)7-9-5-4-6-12(9)17-15/h7-8H,3-6H2,1-2H3,(H2,16,21)(H,17,18). The van der Waals surface area contributed by atoms with E-state index in [0.717, 1.165) is 54.1 Å². The van der Waals surface area contributed by atoms with Crippen LogP contribution in [-0.2, 0) is 26.3 Å². The lowest BCUT2D eigenvalue weighted by molar-refractivity contribution is 0.746. The van der Waals surface area contributed by atoms with E-state index in [4.69, 9.17) is 22.9 Å². The van der Waals surface area contributed by atoms with Crippen molar-refractivity contribution in [1.29, 1.82) is 0 Å². The zero-order valence-electron chi connectivity index (χ0n) is 12.3. The summed E-state index contributed by atoms with van der Waals surface area (Å²) in [5, 5.41) is 7.80. The Labute approximate surface area is 129 Å². The maximum atomic E-state index is 5.87. The van der Waals surface area contributed by atoms with Crippen LogP contribution in [0, 0.1) is 0 Å². The fourth-order valence-electron chi connectivity index (χ4n) is 2.78. The van der Waals surface area contributed by atoms with E-state index in [2.05, 4.69) is 23.4 Å². The van der Waals surface area contributed by atoms with E-state index in [-0.39, 0.29) is 0 Å². The number of aromatic nitrogens is 3. The number of nitrogens with two attached hydrogens (primary N) is 1. The third-order valence-electron chi connectivity index (χ3n) is 3.81. The third kappa shape index (κ3) is 2.63. The second-order valence-electron chi connectivity index (χ2n) is 5.35. The Kier molecular flexibility index (Phi) is 3.63. The Morgan fingerprint density at radius 2 is 2.29 bits per heavy atom.